The number of nitrogens with one attached hydrogen (secondary N) is 2. The van der Waals surface area contributed by atoms with E-state index in [0.29, 0.717) is 11.7 Å². The van der Waals surface area contributed by atoms with E-state index in [-0.39, 0.29) is 30.2 Å². The predicted molar refractivity (Wildman–Crippen MR) is 144 cm³/mol. The smallest absolute Gasteiger partial charge is 0.226 e. The number of carbonyl (C=O) groups excluding carboxylic acids is 1. The predicted octanol–water partition coefficient (Wildman–Crippen LogP) is 4.89. The number of para-hydroxylation sites is 1. The highest BCUT2D eigenvalue weighted by Gasteiger charge is 2.41. The number of hydrogen-bond donors (Lipinski definition) is 3. The second-order valence-electron chi connectivity index (χ2n) is 8.75. The number of hydrogen-bond acceptors (Lipinski definition) is 4. The molecule has 0 spiro atoms. The Kier molecular flexibility index (Phi) is 6.69. The van der Waals surface area contributed by atoms with Gasteiger partial charge >= 0.3 is 0 Å². The van der Waals surface area contributed by atoms with Crippen molar-refractivity contribution in [1.29, 1.82) is 0 Å². The van der Waals surface area contributed by atoms with Gasteiger partial charge in [-0.3, -0.25) is 9.78 Å². The highest BCUT2D eigenvalue weighted by Crippen LogP contribution is 2.39. The van der Waals surface area contributed by atoms with Crippen molar-refractivity contribution < 1.29 is 9.90 Å². The van der Waals surface area contributed by atoms with E-state index in [1.807, 2.05) is 73.8 Å². The Balaban J connectivity index is 1.44. The highest BCUT2D eigenvalue weighted by molar-refractivity contribution is 7.80. The van der Waals surface area contributed by atoms with E-state index in [1.165, 1.54) is 0 Å². The van der Waals surface area contributed by atoms with Gasteiger partial charge in [-0.05, 0) is 79.3 Å². The van der Waals surface area contributed by atoms with Gasteiger partial charge in [0, 0.05) is 42.4 Å². The maximum atomic E-state index is 12.9. The van der Waals surface area contributed by atoms with Crippen LogP contribution >= 0.6 is 12.2 Å². The molecule has 4 aromatic rings. The van der Waals surface area contributed by atoms with Crippen LogP contribution in [-0.2, 0) is 4.79 Å². The van der Waals surface area contributed by atoms with Crippen LogP contribution in [0.1, 0.15) is 35.5 Å². The van der Waals surface area contributed by atoms with Crippen LogP contribution in [0.4, 0.5) is 5.69 Å². The Labute approximate surface area is 215 Å². The summed E-state index contributed by atoms with van der Waals surface area (Å²) in [5, 5.41) is 16.8. The van der Waals surface area contributed by atoms with Gasteiger partial charge in [0.25, 0.3) is 0 Å². The lowest BCUT2D eigenvalue weighted by Crippen LogP contribution is -2.33. The van der Waals surface area contributed by atoms with Gasteiger partial charge in [-0.15, -0.1) is 0 Å². The van der Waals surface area contributed by atoms with Crippen LogP contribution in [0, 0.1) is 6.92 Å². The fourth-order valence-electron chi connectivity index (χ4n) is 4.60. The minimum atomic E-state index is -0.192. The molecule has 2 aromatic heterocycles. The van der Waals surface area contributed by atoms with Gasteiger partial charge in [-0.2, -0.15) is 0 Å². The lowest BCUT2D eigenvalue weighted by molar-refractivity contribution is -0.116. The van der Waals surface area contributed by atoms with Crippen molar-refractivity contribution in [2.24, 2.45) is 0 Å². The van der Waals surface area contributed by atoms with Gasteiger partial charge in [-0.1, -0.05) is 24.3 Å². The molecule has 1 saturated heterocycles. The normalized spacial score (nSPS) is 17.1. The topological polar surface area (TPSA) is 82.4 Å². The Morgan fingerprint density at radius 1 is 1.06 bits per heavy atom. The van der Waals surface area contributed by atoms with E-state index in [1.54, 1.807) is 18.3 Å². The second kappa shape index (κ2) is 10.2. The van der Waals surface area contributed by atoms with Gasteiger partial charge in [0.2, 0.25) is 5.91 Å². The summed E-state index contributed by atoms with van der Waals surface area (Å²) in [6, 6.07) is 24.3. The first kappa shape index (κ1) is 23.6. The number of rotatable bonds is 7. The molecule has 1 fully saturated rings. The Morgan fingerprint density at radius 2 is 1.83 bits per heavy atom. The number of nitrogens with zero attached hydrogens (tertiary/aromatic N) is 3. The number of aromatic hydroxyl groups is 1. The summed E-state index contributed by atoms with van der Waals surface area (Å²) in [7, 11) is 0. The summed E-state index contributed by atoms with van der Waals surface area (Å²) in [6.45, 7) is 2.42. The van der Waals surface area contributed by atoms with E-state index in [4.69, 9.17) is 12.2 Å². The third kappa shape index (κ3) is 4.81. The van der Waals surface area contributed by atoms with Gasteiger partial charge in [-0.25, -0.2) is 0 Å². The fraction of sp³-hybridized carbons (Fsp3) is 0.179. The van der Waals surface area contributed by atoms with Crippen molar-refractivity contribution in [3.8, 4) is 11.4 Å². The Hall–Kier alpha value is -4.17. The number of benzene rings is 2. The zero-order valence-electron chi connectivity index (χ0n) is 19.8. The molecule has 1 aliphatic rings. The van der Waals surface area contributed by atoms with Crippen molar-refractivity contribution in [3.63, 3.8) is 0 Å². The maximum absolute atomic E-state index is 12.9. The highest BCUT2D eigenvalue weighted by atomic mass is 32.1. The first-order chi connectivity index (χ1) is 17.5. The molecular weight excluding hydrogens is 470 g/mol. The second-order valence-corrected chi connectivity index (χ2v) is 9.14. The van der Waals surface area contributed by atoms with Crippen molar-refractivity contribution in [3.05, 3.63) is 108 Å². The van der Waals surface area contributed by atoms with Crippen LogP contribution in [-0.4, -0.2) is 37.1 Å². The summed E-state index contributed by atoms with van der Waals surface area (Å²) in [5.41, 5.74) is 4.62. The quantitative estimate of drug-likeness (QED) is 0.316. The van der Waals surface area contributed by atoms with E-state index in [2.05, 4.69) is 31.2 Å². The zero-order valence-corrected chi connectivity index (χ0v) is 20.7. The van der Waals surface area contributed by atoms with Crippen LogP contribution in [0.2, 0.25) is 0 Å². The van der Waals surface area contributed by atoms with Crippen molar-refractivity contribution in [2.45, 2.75) is 25.4 Å². The summed E-state index contributed by atoms with van der Waals surface area (Å²) < 4.78 is 2.08. The monoisotopic (exact) mass is 497 g/mol. The van der Waals surface area contributed by atoms with Gasteiger partial charge in [0.15, 0.2) is 5.11 Å². The Bertz CT molecular complexity index is 1370. The van der Waals surface area contributed by atoms with Crippen LogP contribution in [0.25, 0.3) is 5.69 Å². The molecule has 1 amide bonds. The third-order valence-corrected chi connectivity index (χ3v) is 6.76. The lowest BCUT2D eigenvalue weighted by Gasteiger charge is -2.29. The fourth-order valence-corrected chi connectivity index (χ4v) is 4.93. The molecule has 0 saturated carbocycles. The number of thiocarbonyl (C=S) groups is 1. The number of pyridine rings is 1. The van der Waals surface area contributed by atoms with E-state index in [9.17, 15) is 9.90 Å². The molecule has 0 aliphatic carbocycles. The van der Waals surface area contributed by atoms with Crippen molar-refractivity contribution >= 4 is 28.9 Å². The standard InChI is InChI=1S/C28H27N5O2S/c1-19-7-2-3-8-22(19)30-25(35)15-18-33-27(26(31-28(33)36)23-9-4-5-16-29-23)24-10-6-17-32(24)20-11-13-21(34)14-12-20/h2-14,16-17,26-27,34H,15,18H2,1H3,(H,30,35)(H,31,36)/t26-,27-/m1/s1. The molecule has 182 valence electrons. The molecule has 0 unspecified atom stereocenters. The minimum absolute atomic E-state index is 0.0685. The summed E-state index contributed by atoms with van der Waals surface area (Å²) in [5.74, 6) is 0.143. The van der Waals surface area contributed by atoms with Crippen LogP contribution < -0.4 is 10.6 Å². The van der Waals surface area contributed by atoms with Crippen LogP contribution in [0.5, 0.6) is 5.75 Å². The van der Waals surface area contributed by atoms with Gasteiger partial charge in [0.05, 0.1) is 17.8 Å². The number of aromatic nitrogens is 2. The largest absolute Gasteiger partial charge is 0.508 e. The third-order valence-electron chi connectivity index (χ3n) is 6.41. The number of phenolic OH excluding ortho intramolecular Hbond substituents is 1. The average Bonchev–Trinajstić information content (AvgIpc) is 3.49. The first-order valence-electron chi connectivity index (χ1n) is 11.8. The SMILES string of the molecule is Cc1ccccc1NC(=O)CCN1C(=S)N[C@H](c2ccccn2)[C@H]1c1cccn1-c1ccc(O)cc1. The number of amides is 1. The molecule has 2 aromatic carbocycles. The maximum Gasteiger partial charge on any atom is 0.226 e. The molecular formula is C28H27N5O2S. The molecule has 2 atom stereocenters. The number of carbonyl (C=O) groups is 1. The molecule has 3 heterocycles. The lowest BCUT2D eigenvalue weighted by atomic mass is 10.0. The van der Waals surface area contributed by atoms with E-state index >= 15 is 0 Å². The van der Waals surface area contributed by atoms with Crippen LogP contribution in [0.15, 0.2) is 91.3 Å². The molecule has 7 nitrogen and oxygen atoms in total. The van der Waals surface area contributed by atoms with E-state index < -0.39 is 0 Å². The number of anilines is 1. The van der Waals surface area contributed by atoms with Crippen molar-refractivity contribution in [2.75, 3.05) is 11.9 Å². The summed E-state index contributed by atoms with van der Waals surface area (Å²) >= 11 is 5.76. The van der Waals surface area contributed by atoms with Crippen molar-refractivity contribution in [1.82, 2.24) is 19.8 Å². The molecule has 0 radical (unpaired) electrons. The Morgan fingerprint density at radius 3 is 2.58 bits per heavy atom. The minimum Gasteiger partial charge on any atom is -0.508 e. The number of aryl methyl sites for hydroxylation is 1. The molecule has 8 heteroatoms. The van der Waals surface area contributed by atoms with Gasteiger partial charge < -0.3 is 25.2 Å². The van der Waals surface area contributed by atoms with Gasteiger partial charge in [0.1, 0.15) is 5.75 Å². The number of phenols is 1. The van der Waals surface area contributed by atoms with Crippen LogP contribution in [0.3, 0.4) is 0 Å². The summed E-state index contributed by atoms with van der Waals surface area (Å²) in [4.78, 5) is 19.5. The average molecular weight is 498 g/mol. The van der Waals surface area contributed by atoms with E-state index in [0.717, 1.165) is 28.3 Å². The molecule has 1 aliphatic heterocycles. The molecule has 36 heavy (non-hydrogen) atoms. The molecule has 0 bridgehead atoms. The molecule has 5 rings (SSSR count). The first-order valence-corrected chi connectivity index (χ1v) is 12.2. The summed E-state index contributed by atoms with van der Waals surface area (Å²) in [6.07, 6.45) is 4.04. The zero-order chi connectivity index (χ0) is 25.1. The molecule has 3 N–H and O–H groups in total.